The second kappa shape index (κ2) is 5.87. The van der Waals surface area contributed by atoms with Crippen LogP contribution in [-0.4, -0.2) is 24.6 Å². The highest BCUT2D eigenvalue weighted by Gasteiger charge is 2.20. The van der Waals surface area contributed by atoms with Crippen molar-refractivity contribution in [1.29, 1.82) is 0 Å². The smallest absolute Gasteiger partial charge is 0.0157 e. The Morgan fingerprint density at radius 2 is 2.25 bits per heavy atom. The molecule has 0 spiro atoms. The first-order valence-corrected chi connectivity index (χ1v) is 6.27. The van der Waals surface area contributed by atoms with Crippen molar-refractivity contribution in [2.24, 2.45) is 5.92 Å². The monoisotopic (exact) mass is 187 g/mol. The molecule has 12 heavy (non-hydrogen) atoms. The van der Waals surface area contributed by atoms with Crippen molar-refractivity contribution in [3.63, 3.8) is 0 Å². The Labute approximate surface area is 80.7 Å². The van der Waals surface area contributed by atoms with E-state index in [1.807, 2.05) is 0 Å². The van der Waals surface area contributed by atoms with Crippen molar-refractivity contribution in [1.82, 2.24) is 5.32 Å². The molecule has 1 N–H and O–H groups in total. The van der Waals surface area contributed by atoms with E-state index in [9.17, 15) is 0 Å². The summed E-state index contributed by atoms with van der Waals surface area (Å²) >= 11 is 2.05. The predicted octanol–water partition coefficient (Wildman–Crippen LogP) is 2.52. The molecule has 1 fully saturated rings. The second-order valence-corrected chi connectivity index (χ2v) is 5.00. The molecule has 0 bridgehead atoms. The van der Waals surface area contributed by atoms with E-state index in [1.54, 1.807) is 0 Å². The van der Waals surface area contributed by atoms with E-state index in [1.165, 1.54) is 37.2 Å². The average molecular weight is 187 g/mol. The van der Waals surface area contributed by atoms with Gasteiger partial charge in [-0.1, -0.05) is 26.2 Å². The van der Waals surface area contributed by atoms with Crippen LogP contribution < -0.4 is 5.32 Å². The van der Waals surface area contributed by atoms with Gasteiger partial charge in [-0.15, -0.1) is 0 Å². The second-order valence-electron chi connectivity index (χ2n) is 3.68. The molecule has 0 saturated heterocycles. The zero-order chi connectivity index (χ0) is 8.81. The molecule has 1 aliphatic carbocycles. The van der Waals surface area contributed by atoms with Gasteiger partial charge in [0.25, 0.3) is 0 Å². The van der Waals surface area contributed by atoms with Gasteiger partial charge < -0.3 is 5.32 Å². The van der Waals surface area contributed by atoms with E-state index in [-0.39, 0.29) is 0 Å². The Hall–Kier alpha value is 0.310. The predicted molar refractivity (Wildman–Crippen MR) is 57.8 cm³/mol. The minimum Gasteiger partial charge on any atom is -0.316 e. The van der Waals surface area contributed by atoms with Gasteiger partial charge >= 0.3 is 0 Å². The van der Waals surface area contributed by atoms with Crippen molar-refractivity contribution in [2.45, 2.75) is 38.6 Å². The summed E-state index contributed by atoms with van der Waals surface area (Å²) in [5.74, 6) is 3.59. The zero-order valence-corrected chi connectivity index (χ0v) is 9.12. The lowest BCUT2D eigenvalue weighted by Gasteiger charge is -2.29. The highest BCUT2D eigenvalue weighted by molar-refractivity contribution is 7.99. The number of nitrogens with one attached hydrogen (secondary N) is 1. The molecule has 1 unspecified atom stereocenters. The summed E-state index contributed by atoms with van der Waals surface area (Å²) in [5, 5.41) is 3.42. The van der Waals surface area contributed by atoms with E-state index in [0.717, 1.165) is 12.0 Å². The van der Waals surface area contributed by atoms with Crippen molar-refractivity contribution in [3.8, 4) is 0 Å². The molecule has 0 amide bonds. The molecule has 0 aromatic carbocycles. The van der Waals surface area contributed by atoms with Crippen molar-refractivity contribution >= 4 is 11.8 Å². The summed E-state index contributed by atoms with van der Waals surface area (Å²) in [7, 11) is 2.10. The van der Waals surface area contributed by atoms with E-state index in [2.05, 4.69) is 31.1 Å². The fraction of sp³-hybridized carbons (Fsp3) is 1.00. The van der Waals surface area contributed by atoms with Gasteiger partial charge in [-0.25, -0.2) is 0 Å². The number of hydrogen-bond donors (Lipinski definition) is 1. The molecule has 2 heteroatoms. The summed E-state index contributed by atoms with van der Waals surface area (Å²) in [5.41, 5.74) is 0. The largest absolute Gasteiger partial charge is 0.316 e. The lowest BCUT2D eigenvalue weighted by Crippen LogP contribution is -2.32. The summed E-state index contributed by atoms with van der Waals surface area (Å²) in [6.45, 7) is 2.24. The van der Waals surface area contributed by atoms with Gasteiger partial charge in [0.2, 0.25) is 0 Å². The Balaban J connectivity index is 2.06. The van der Waals surface area contributed by atoms with E-state index in [4.69, 9.17) is 0 Å². The molecule has 1 saturated carbocycles. The van der Waals surface area contributed by atoms with Crippen molar-refractivity contribution in [2.75, 3.05) is 18.6 Å². The van der Waals surface area contributed by atoms with Crippen molar-refractivity contribution in [3.05, 3.63) is 0 Å². The summed E-state index contributed by atoms with van der Waals surface area (Å²) in [6.07, 6.45) is 5.84. The lowest BCUT2D eigenvalue weighted by atomic mass is 9.81. The third kappa shape index (κ3) is 3.36. The quantitative estimate of drug-likeness (QED) is 0.686. The van der Waals surface area contributed by atoms with Gasteiger partial charge in [-0.2, -0.15) is 11.8 Å². The molecule has 0 heterocycles. The first-order valence-electron chi connectivity index (χ1n) is 5.11. The first kappa shape index (κ1) is 10.4. The van der Waals surface area contributed by atoms with Crippen LogP contribution in [0, 0.1) is 5.92 Å². The molecule has 0 aromatic rings. The normalized spacial score (nSPS) is 20.5. The van der Waals surface area contributed by atoms with Crippen molar-refractivity contribution < 1.29 is 0 Å². The molecule has 1 nitrogen and oxygen atoms in total. The maximum atomic E-state index is 3.42. The van der Waals surface area contributed by atoms with E-state index < -0.39 is 0 Å². The Morgan fingerprint density at radius 1 is 1.50 bits per heavy atom. The van der Waals surface area contributed by atoms with Gasteiger partial charge in [0.1, 0.15) is 0 Å². The molecular formula is C10H21NS. The van der Waals surface area contributed by atoms with E-state index in [0.29, 0.717) is 0 Å². The van der Waals surface area contributed by atoms with Crippen LogP contribution in [0.5, 0.6) is 0 Å². The first-order chi connectivity index (χ1) is 5.86. The fourth-order valence-corrected chi connectivity index (χ4v) is 2.48. The summed E-state index contributed by atoms with van der Waals surface area (Å²) in [4.78, 5) is 0. The van der Waals surface area contributed by atoms with Crippen LogP contribution >= 0.6 is 11.8 Å². The Morgan fingerprint density at radius 3 is 2.67 bits per heavy atom. The van der Waals surface area contributed by atoms with Gasteiger partial charge in [-0.05, 0) is 25.1 Å². The Bertz CT molecular complexity index is 112. The maximum Gasteiger partial charge on any atom is 0.0157 e. The van der Waals surface area contributed by atoms with Gasteiger partial charge in [0.05, 0.1) is 0 Å². The van der Waals surface area contributed by atoms with Crippen LogP contribution in [0.15, 0.2) is 0 Å². The number of rotatable bonds is 6. The topological polar surface area (TPSA) is 12.0 Å². The van der Waals surface area contributed by atoms with E-state index >= 15 is 0 Å². The maximum absolute atomic E-state index is 3.42. The van der Waals surface area contributed by atoms with Gasteiger partial charge in [0, 0.05) is 11.8 Å². The molecule has 0 radical (unpaired) electrons. The average Bonchev–Trinajstić information content (AvgIpc) is 2.02. The van der Waals surface area contributed by atoms with Crippen LogP contribution in [0.4, 0.5) is 0 Å². The van der Waals surface area contributed by atoms with Crippen LogP contribution in [0.2, 0.25) is 0 Å². The minimum absolute atomic E-state index is 0.764. The molecule has 0 aliphatic heterocycles. The molecule has 0 aromatic heterocycles. The third-order valence-corrected chi connectivity index (χ3v) is 3.82. The minimum atomic E-state index is 0.764. The van der Waals surface area contributed by atoms with Gasteiger partial charge in [0.15, 0.2) is 0 Å². The van der Waals surface area contributed by atoms with Crippen LogP contribution in [0.25, 0.3) is 0 Å². The molecule has 1 aliphatic rings. The molecule has 1 atom stereocenters. The molecule has 72 valence electrons. The highest BCUT2D eigenvalue weighted by atomic mass is 32.2. The SMILES string of the molecule is CCSCC(CC1CCC1)NC. The highest BCUT2D eigenvalue weighted by Crippen LogP contribution is 2.30. The lowest BCUT2D eigenvalue weighted by molar-refractivity contribution is 0.272. The number of thioether (sulfide) groups is 1. The van der Waals surface area contributed by atoms with Gasteiger partial charge in [-0.3, -0.25) is 0 Å². The molecular weight excluding hydrogens is 166 g/mol. The van der Waals surface area contributed by atoms with Crippen LogP contribution in [-0.2, 0) is 0 Å². The standard InChI is InChI=1S/C10H21NS/c1-3-12-8-10(11-2)7-9-5-4-6-9/h9-11H,3-8H2,1-2H3. The molecule has 1 rings (SSSR count). The van der Waals surface area contributed by atoms with Crippen LogP contribution in [0.3, 0.4) is 0 Å². The fourth-order valence-electron chi connectivity index (χ4n) is 1.66. The third-order valence-electron chi connectivity index (χ3n) is 2.77. The number of hydrogen-bond acceptors (Lipinski definition) is 2. The summed E-state index contributed by atoms with van der Waals surface area (Å²) < 4.78 is 0. The summed E-state index contributed by atoms with van der Waals surface area (Å²) in [6, 6.07) is 0.764. The Kier molecular flexibility index (Phi) is 5.08. The zero-order valence-electron chi connectivity index (χ0n) is 8.31. The van der Waals surface area contributed by atoms with Crippen LogP contribution in [0.1, 0.15) is 32.6 Å².